The molecule has 2 aromatic rings. The third-order valence-corrected chi connectivity index (χ3v) is 5.69. The van der Waals surface area contributed by atoms with Gasteiger partial charge in [0.05, 0.1) is 10.6 Å². The van der Waals surface area contributed by atoms with Crippen LogP contribution in [0.25, 0.3) is 11.6 Å². The van der Waals surface area contributed by atoms with Gasteiger partial charge in [0.15, 0.2) is 5.13 Å². The number of nitrogens with zero attached hydrogens (tertiary/aromatic N) is 3. The van der Waals surface area contributed by atoms with Crippen molar-refractivity contribution in [1.29, 1.82) is 0 Å². The smallest absolute Gasteiger partial charge is 0.231 e. The number of benzene rings is 1. The van der Waals surface area contributed by atoms with Crippen LogP contribution in [0.1, 0.15) is 29.7 Å². The molecule has 1 aromatic heterocycles. The maximum absolute atomic E-state index is 10.2. The number of fused-ring (bicyclic) bond motifs is 1. The average Bonchev–Trinajstić information content (AvgIpc) is 3.13. The molecule has 0 bridgehead atoms. The second kappa shape index (κ2) is 6.09. The van der Waals surface area contributed by atoms with E-state index in [4.69, 9.17) is 0 Å². The van der Waals surface area contributed by atoms with Crippen molar-refractivity contribution in [3.05, 3.63) is 33.1 Å². The van der Waals surface area contributed by atoms with Crippen LogP contribution in [0.3, 0.4) is 0 Å². The fourth-order valence-corrected chi connectivity index (χ4v) is 4.27. The van der Waals surface area contributed by atoms with Crippen molar-refractivity contribution in [1.82, 2.24) is 4.98 Å². The quantitative estimate of drug-likeness (QED) is 0.797. The van der Waals surface area contributed by atoms with Gasteiger partial charge < -0.3 is 10.0 Å². The lowest BCUT2D eigenvalue weighted by Crippen LogP contribution is -2.29. The maximum Gasteiger partial charge on any atom is 0.231 e. The van der Waals surface area contributed by atoms with Crippen molar-refractivity contribution in [2.45, 2.75) is 19.3 Å². The maximum atomic E-state index is 10.2. The lowest BCUT2D eigenvalue weighted by atomic mass is 10.1. The van der Waals surface area contributed by atoms with Crippen molar-refractivity contribution in [2.24, 2.45) is 4.99 Å². The molecular formula is C17H16BrN3OS. The van der Waals surface area contributed by atoms with Gasteiger partial charge in [-0.05, 0) is 43.5 Å². The molecule has 0 atom stereocenters. The Morgan fingerprint density at radius 2 is 2.04 bits per heavy atom. The second-order valence-electron chi connectivity index (χ2n) is 5.75. The number of aliphatic imine (C=N–C) groups is 1. The van der Waals surface area contributed by atoms with E-state index in [0.29, 0.717) is 0 Å². The van der Waals surface area contributed by atoms with Crippen molar-refractivity contribution in [3.63, 3.8) is 0 Å². The normalized spacial score (nSPS) is 18.7. The number of aromatic hydroxyl groups is 1. The summed E-state index contributed by atoms with van der Waals surface area (Å²) in [4.78, 5) is 11.8. The molecule has 0 amide bonds. The Labute approximate surface area is 147 Å². The number of allylic oxidation sites excluding steroid dienone is 1. The number of aromatic nitrogens is 1. The molecule has 118 valence electrons. The van der Waals surface area contributed by atoms with Gasteiger partial charge in [0.1, 0.15) is 0 Å². The predicted molar refractivity (Wildman–Crippen MR) is 100 cm³/mol. The summed E-state index contributed by atoms with van der Waals surface area (Å²) in [6.07, 6.45) is 7.50. The Morgan fingerprint density at radius 3 is 2.87 bits per heavy atom. The first-order chi connectivity index (χ1) is 11.2. The first-order valence-electron chi connectivity index (χ1n) is 7.71. The van der Waals surface area contributed by atoms with Crippen LogP contribution in [-0.4, -0.2) is 29.4 Å². The minimum absolute atomic E-state index is 0.111. The zero-order valence-electron chi connectivity index (χ0n) is 12.5. The van der Waals surface area contributed by atoms with Crippen molar-refractivity contribution >= 4 is 55.9 Å². The van der Waals surface area contributed by atoms with Crippen LogP contribution < -0.4 is 4.90 Å². The van der Waals surface area contributed by atoms with Gasteiger partial charge in [-0.25, -0.2) is 0 Å². The monoisotopic (exact) mass is 389 g/mol. The molecule has 0 unspecified atom stereocenters. The third kappa shape index (κ3) is 2.93. The summed E-state index contributed by atoms with van der Waals surface area (Å²) in [6, 6.07) is 6.03. The molecule has 2 aliphatic rings. The summed E-state index contributed by atoms with van der Waals surface area (Å²) in [5.41, 5.74) is 3.04. The molecule has 1 fully saturated rings. The molecule has 2 aliphatic heterocycles. The van der Waals surface area contributed by atoms with E-state index in [1.54, 1.807) is 11.3 Å². The number of rotatable bonds is 2. The zero-order chi connectivity index (χ0) is 15.8. The summed E-state index contributed by atoms with van der Waals surface area (Å²) in [7, 11) is 0. The van der Waals surface area contributed by atoms with Crippen LogP contribution in [0.4, 0.5) is 10.8 Å². The van der Waals surface area contributed by atoms with E-state index >= 15 is 0 Å². The highest BCUT2D eigenvalue weighted by atomic mass is 79.9. The molecule has 0 radical (unpaired) electrons. The second-order valence-corrected chi connectivity index (χ2v) is 7.68. The molecule has 1 N–H and O–H groups in total. The van der Waals surface area contributed by atoms with E-state index < -0.39 is 0 Å². The predicted octanol–water partition coefficient (Wildman–Crippen LogP) is 4.86. The van der Waals surface area contributed by atoms with Crippen molar-refractivity contribution < 1.29 is 5.11 Å². The molecule has 1 saturated heterocycles. The number of thiazole rings is 1. The van der Waals surface area contributed by atoms with Gasteiger partial charge in [0.2, 0.25) is 5.88 Å². The molecule has 0 saturated carbocycles. The minimum atomic E-state index is 0.111. The van der Waals surface area contributed by atoms with Gasteiger partial charge >= 0.3 is 0 Å². The highest BCUT2D eigenvalue weighted by Gasteiger charge is 2.19. The number of hydrogen-bond donors (Lipinski definition) is 1. The Hall–Kier alpha value is -1.66. The fourth-order valence-electron chi connectivity index (χ4n) is 2.94. The lowest BCUT2D eigenvalue weighted by molar-refractivity contribution is 0.455. The van der Waals surface area contributed by atoms with Crippen LogP contribution in [0.5, 0.6) is 5.88 Å². The fraction of sp³-hybridized carbons (Fsp3) is 0.294. The number of piperidine rings is 1. The van der Waals surface area contributed by atoms with E-state index in [0.717, 1.165) is 44.4 Å². The first-order valence-corrected chi connectivity index (χ1v) is 9.32. The molecule has 6 heteroatoms. The van der Waals surface area contributed by atoms with Crippen LogP contribution in [0.15, 0.2) is 27.7 Å². The van der Waals surface area contributed by atoms with Crippen LogP contribution in [-0.2, 0) is 0 Å². The van der Waals surface area contributed by atoms with Gasteiger partial charge in [-0.3, -0.25) is 4.99 Å². The van der Waals surface area contributed by atoms with Crippen molar-refractivity contribution in [2.75, 3.05) is 18.0 Å². The van der Waals surface area contributed by atoms with Gasteiger partial charge in [0.25, 0.3) is 0 Å². The van der Waals surface area contributed by atoms with Crippen molar-refractivity contribution in [3.8, 4) is 5.88 Å². The van der Waals surface area contributed by atoms with E-state index in [1.165, 1.54) is 19.3 Å². The molecule has 3 heterocycles. The zero-order valence-corrected chi connectivity index (χ0v) is 14.9. The van der Waals surface area contributed by atoms with Crippen LogP contribution in [0, 0.1) is 0 Å². The first kappa shape index (κ1) is 14.9. The standard InChI is InChI=1S/C17H16BrN3OS/c18-12-4-5-14-13(9-12)11(10-19-14)8-15-16(22)20-17(23-15)21-6-2-1-3-7-21/h4-5,8-10,22H,1-3,6-7H2. The van der Waals surface area contributed by atoms with Gasteiger partial charge in [-0.2, -0.15) is 4.98 Å². The molecule has 1 aromatic carbocycles. The molecule has 23 heavy (non-hydrogen) atoms. The largest absolute Gasteiger partial charge is 0.492 e. The molecule has 4 rings (SSSR count). The average molecular weight is 390 g/mol. The van der Waals surface area contributed by atoms with Gasteiger partial charge in [0, 0.05) is 34.9 Å². The lowest BCUT2D eigenvalue weighted by Gasteiger charge is -2.25. The number of anilines is 1. The highest BCUT2D eigenvalue weighted by Crippen LogP contribution is 2.38. The summed E-state index contributed by atoms with van der Waals surface area (Å²) in [6.45, 7) is 2.06. The minimum Gasteiger partial charge on any atom is -0.492 e. The Kier molecular flexibility index (Phi) is 3.95. The molecule has 4 nitrogen and oxygen atoms in total. The van der Waals surface area contributed by atoms with E-state index in [9.17, 15) is 5.11 Å². The summed E-state index contributed by atoms with van der Waals surface area (Å²) in [5.74, 6) is 0.111. The summed E-state index contributed by atoms with van der Waals surface area (Å²) >= 11 is 5.05. The summed E-state index contributed by atoms with van der Waals surface area (Å²) < 4.78 is 1.02. The Morgan fingerprint density at radius 1 is 1.22 bits per heavy atom. The molecular weight excluding hydrogens is 374 g/mol. The highest BCUT2D eigenvalue weighted by molar-refractivity contribution is 9.10. The summed E-state index contributed by atoms with van der Waals surface area (Å²) in [5, 5.41) is 11.1. The number of halogens is 1. The number of hydrogen-bond acceptors (Lipinski definition) is 5. The molecule has 0 spiro atoms. The van der Waals surface area contributed by atoms with E-state index in [-0.39, 0.29) is 5.88 Å². The van der Waals surface area contributed by atoms with Crippen LogP contribution in [0.2, 0.25) is 0 Å². The topological polar surface area (TPSA) is 48.7 Å². The van der Waals surface area contributed by atoms with Crippen LogP contribution >= 0.6 is 27.3 Å². The molecule has 0 aliphatic carbocycles. The Bertz CT molecular complexity index is 806. The third-order valence-electron chi connectivity index (χ3n) is 4.15. The van der Waals surface area contributed by atoms with Gasteiger partial charge in [-0.15, -0.1) is 0 Å². The SMILES string of the molecule is Oc1nc(N2CCCCC2)sc1C=C1C=Nc2ccc(Br)cc21. The van der Waals surface area contributed by atoms with E-state index in [1.807, 2.05) is 24.4 Å². The van der Waals surface area contributed by atoms with E-state index in [2.05, 4.69) is 36.9 Å². The van der Waals surface area contributed by atoms with Gasteiger partial charge in [-0.1, -0.05) is 27.3 Å². The Balaban J connectivity index is 1.66.